The van der Waals surface area contributed by atoms with Gasteiger partial charge in [0.1, 0.15) is 12.2 Å². The lowest BCUT2D eigenvalue weighted by Gasteiger charge is -2.37. The number of carboxylic acid groups (broad SMARTS) is 1. The highest BCUT2D eigenvalue weighted by Gasteiger charge is 2.32. The molecule has 1 aliphatic rings. The molecule has 1 aliphatic heterocycles. The second-order valence-electron chi connectivity index (χ2n) is 5.56. The molecule has 2 aromatic carbocycles. The van der Waals surface area contributed by atoms with Crippen molar-refractivity contribution in [1.82, 2.24) is 4.90 Å². The lowest BCUT2D eigenvalue weighted by atomic mass is 9.88. The Morgan fingerprint density at radius 1 is 1.13 bits per heavy atom. The normalized spacial score (nSPS) is 16.7. The quantitative estimate of drug-likeness (QED) is 0.887. The lowest BCUT2D eigenvalue weighted by molar-refractivity contribution is -0.145. The molecule has 0 aliphatic carbocycles. The van der Waals surface area contributed by atoms with E-state index in [1.807, 2.05) is 24.3 Å². The van der Waals surface area contributed by atoms with E-state index in [0.717, 1.165) is 16.7 Å². The van der Waals surface area contributed by atoms with Gasteiger partial charge in [-0.2, -0.15) is 0 Å². The number of benzene rings is 2. The van der Waals surface area contributed by atoms with Gasteiger partial charge in [-0.3, -0.25) is 9.59 Å². The fourth-order valence-corrected chi connectivity index (χ4v) is 3.07. The number of rotatable bonds is 3. The number of carboxylic acids is 1. The molecule has 1 amide bonds. The summed E-state index contributed by atoms with van der Waals surface area (Å²) in [5, 5.41) is 8.91. The Kier molecular flexibility index (Phi) is 4.10. The molecule has 0 bridgehead atoms. The molecule has 23 heavy (non-hydrogen) atoms. The van der Waals surface area contributed by atoms with Gasteiger partial charge >= 0.3 is 5.97 Å². The van der Waals surface area contributed by atoms with Crippen LogP contribution in [0.4, 0.5) is 4.39 Å². The van der Waals surface area contributed by atoms with Crippen LogP contribution in [0.25, 0.3) is 0 Å². The van der Waals surface area contributed by atoms with Crippen LogP contribution in [0.15, 0.2) is 48.5 Å². The summed E-state index contributed by atoms with van der Waals surface area (Å²) in [6, 6.07) is 13.4. The topological polar surface area (TPSA) is 57.6 Å². The van der Waals surface area contributed by atoms with E-state index >= 15 is 0 Å². The molecule has 0 saturated carbocycles. The van der Waals surface area contributed by atoms with Gasteiger partial charge in [0.15, 0.2) is 0 Å². The van der Waals surface area contributed by atoms with Crippen LogP contribution in [0.5, 0.6) is 0 Å². The predicted octanol–water partition coefficient (Wildman–Crippen LogP) is 2.77. The number of carbonyl (C=O) groups excluding carboxylic acids is 1. The summed E-state index contributed by atoms with van der Waals surface area (Å²) in [6.07, 6.45) is 0.138. The summed E-state index contributed by atoms with van der Waals surface area (Å²) >= 11 is 0. The molecule has 0 fully saturated rings. The number of aliphatic carboxylic acids is 1. The van der Waals surface area contributed by atoms with Crippen molar-refractivity contribution in [3.05, 3.63) is 71.0 Å². The van der Waals surface area contributed by atoms with E-state index in [0.29, 0.717) is 13.0 Å². The highest BCUT2D eigenvalue weighted by Crippen LogP contribution is 2.35. The van der Waals surface area contributed by atoms with E-state index in [1.165, 1.54) is 12.1 Å². The van der Waals surface area contributed by atoms with E-state index < -0.39 is 18.3 Å². The Morgan fingerprint density at radius 3 is 2.52 bits per heavy atom. The molecule has 0 unspecified atom stereocenters. The number of nitrogens with zero attached hydrogens (tertiary/aromatic N) is 1. The molecule has 1 atom stereocenters. The van der Waals surface area contributed by atoms with Gasteiger partial charge in [0.25, 0.3) is 0 Å². The zero-order chi connectivity index (χ0) is 16.4. The second-order valence-corrected chi connectivity index (χ2v) is 5.56. The number of carbonyl (C=O) groups is 2. The van der Waals surface area contributed by atoms with E-state index in [9.17, 15) is 14.0 Å². The summed E-state index contributed by atoms with van der Waals surface area (Å²) in [6.45, 7) is 0.450. The Hall–Kier alpha value is -2.69. The minimum atomic E-state index is -1.15. The molecule has 0 saturated heterocycles. The summed E-state index contributed by atoms with van der Waals surface area (Å²) < 4.78 is 13.2. The second kappa shape index (κ2) is 6.20. The highest BCUT2D eigenvalue weighted by molar-refractivity contribution is 5.93. The standard InChI is InChI=1S/C18H16FNO3/c19-14-7-5-13(6-8-14)18-15-4-2-1-3-12(15)9-10-20(18)16(21)11-17(22)23/h1-8,18H,9-11H2,(H,22,23)/t18-/m0/s1. The molecule has 2 aromatic rings. The van der Waals surface area contributed by atoms with Crippen LogP contribution in [0, 0.1) is 5.82 Å². The van der Waals surface area contributed by atoms with E-state index in [-0.39, 0.29) is 11.9 Å². The Bertz CT molecular complexity index is 742. The van der Waals surface area contributed by atoms with Gasteiger partial charge in [-0.25, -0.2) is 4.39 Å². The fourth-order valence-electron chi connectivity index (χ4n) is 3.07. The molecular formula is C18H16FNO3. The van der Waals surface area contributed by atoms with Gasteiger partial charge in [-0.1, -0.05) is 36.4 Å². The summed E-state index contributed by atoms with van der Waals surface area (Å²) in [4.78, 5) is 24.8. The molecule has 5 heteroatoms. The maximum atomic E-state index is 13.2. The van der Waals surface area contributed by atoms with E-state index in [1.54, 1.807) is 17.0 Å². The van der Waals surface area contributed by atoms with Crippen molar-refractivity contribution in [3.63, 3.8) is 0 Å². The predicted molar refractivity (Wildman–Crippen MR) is 82.4 cm³/mol. The number of fused-ring (bicyclic) bond motifs is 1. The van der Waals surface area contributed by atoms with Crippen molar-refractivity contribution >= 4 is 11.9 Å². The average molecular weight is 313 g/mol. The van der Waals surface area contributed by atoms with Gasteiger partial charge in [0, 0.05) is 6.54 Å². The van der Waals surface area contributed by atoms with Crippen molar-refractivity contribution in [3.8, 4) is 0 Å². The maximum absolute atomic E-state index is 13.2. The smallest absolute Gasteiger partial charge is 0.312 e. The first-order chi connectivity index (χ1) is 11.1. The van der Waals surface area contributed by atoms with Crippen molar-refractivity contribution in [2.75, 3.05) is 6.54 Å². The molecule has 0 radical (unpaired) electrons. The third-order valence-electron chi connectivity index (χ3n) is 4.09. The number of hydrogen-bond acceptors (Lipinski definition) is 2. The zero-order valence-corrected chi connectivity index (χ0v) is 12.4. The molecule has 0 spiro atoms. The van der Waals surface area contributed by atoms with Crippen LogP contribution in [-0.2, 0) is 16.0 Å². The highest BCUT2D eigenvalue weighted by atomic mass is 19.1. The SMILES string of the molecule is O=C(O)CC(=O)N1CCc2ccccc2[C@@H]1c1ccc(F)cc1. The van der Waals surface area contributed by atoms with Crippen molar-refractivity contribution in [1.29, 1.82) is 0 Å². The van der Waals surface area contributed by atoms with Crippen LogP contribution in [0.1, 0.15) is 29.2 Å². The number of amides is 1. The van der Waals surface area contributed by atoms with Gasteiger partial charge in [0.2, 0.25) is 5.91 Å². The molecule has 3 rings (SSSR count). The molecule has 1 heterocycles. The summed E-state index contributed by atoms with van der Waals surface area (Å²) in [7, 11) is 0. The average Bonchev–Trinajstić information content (AvgIpc) is 2.54. The van der Waals surface area contributed by atoms with Crippen molar-refractivity contribution in [2.45, 2.75) is 18.9 Å². The minimum Gasteiger partial charge on any atom is -0.481 e. The lowest BCUT2D eigenvalue weighted by Crippen LogP contribution is -2.41. The van der Waals surface area contributed by atoms with Crippen LogP contribution in [0.3, 0.4) is 0 Å². The zero-order valence-electron chi connectivity index (χ0n) is 12.4. The molecule has 4 nitrogen and oxygen atoms in total. The minimum absolute atomic E-state index is 0.346. The maximum Gasteiger partial charge on any atom is 0.312 e. The molecule has 1 N–H and O–H groups in total. The van der Waals surface area contributed by atoms with Crippen molar-refractivity contribution < 1.29 is 19.1 Å². The Labute approximate surface area is 133 Å². The van der Waals surface area contributed by atoms with Gasteiger partial charge < -0.3 is 10.0 Å². The third-order valence-corrected chi connectivity index (χ3v) is 4.09. The fraction of sp³-hybridized carbons (Fsp3) is 0.222. The van der Waals surface area contributed by atoms with Crippen LogP contribution in [-0.4, -0.2) is 28.4 Å². The monoisotopic (exact) mass is 313 g/mol. The van der Waals surface area contributed by atoms with Gasteiger partial charge in [0.05, 0.1) is 6.04 Å². The van der Waals surface area contributed by atoms with Crippen LogP contribution < -0.4 is 0 Å². The van der Waals surface area contributed by atoms with Crippen LogP contribution in [0.2, 0.25) is 0 Å². The summed E-state index contributed by atoms with van der Waals surface area (Å²) in [5.41, 5.74) is 2.86. The number of halogens is 1. The summed E-state index contributed by atoms with van der Waals surface area (Å²) in [5.74, 6) is -1.92. The number of hydrogen-bond donors (Lipinski definition) is 1. The first-order valence-electron chi connectivity index (χ1n) is 7.41. The van der Waals surface area contributed by atoms with Gasteiger partial charge in [-0.05, 0) is 35.2 Å². The first kappa shape index (κ1) is 15.2. The van der Waals surface area contributed by atoms with E-state index in [2.05, 4.69) is 0 Å². The molecular weight excluding hydrogens is 297 g/mol. The van der Waals surface area contributed by atoms with Crippen LogP contribution >= 0.6 is 0 Å². The van der Waals surface area contributed by atoms with Crippen molar-refractivity contribution in [2.24, 2.45) is 0 Å². The Morgan fingerprint density at radius 2 is 1.83 bits per heavy atom. The largest absolute Gasteiger partial charge is 0.481 e. The third kappa shape index (κ3) is 3.08. The Balaban J connectivity index is 2.04. The van der Waals surface area contributed by atoms with Gasteiger partial charge in [-0.15, -0.1) is 0 Å². The van der Waals surface area contributed by atoms with E-state index in [4.69, 9.17) is 5.11 Å². The molecule has 0 aromatic heterocycles. The first-order valence-corrected chi connectivity index (χ1v) is 7.41. The molecule has 118 valence electrons.